The summed E-state index contributed by atoms with van der Waals surface area (Å²) in [5.41, 5.74) is 1.88. The fraction of sp³-hybridized carbons (Fsp3) is 0.500. The first-order chi connectivity index (χ1) is 8.94. The summed E-state index contributed by atoms with van der Waals surface area (Å²) in [6.07, 6.45) is 0.835. The van der Waals surface area contributed by atoms with Crippen LogP contribution < -0.4 is 9.46 Å². The highest BCUT2D eigenvalue weighted by atomic mass is 79.9. The van der Waals surface area contributed by atoms with Crippen LogP contribution in [0, 0.1) is 0 Å². The third-order valence-electron chi connectivity index (χ3n) is 3.08. The minimum absolute atomic E-state index is 0.161. The van der Waals surface area contributed by atoms with Crippen molar-refractivity contribution in [1.82, 2.24) is 4.72 Å². The zero-order valence-corrected chi connectivity index (χ0v) is 12.9. The first-order valence-corrected chi connectivity index (χ1v) is 8.31. The number of hydrogen-bond donors (Lipinski definition) is 2. The van der Waals surface area contributed by atoms with Crippen LogP contribution in [0.2, 0.25) is 0 Å². The molecule has 19 heavy (non-hydrogen) atoms. The first-order valence-electron chi connectivity index (χ1n) is 5.97. The minimum atomic E-state index is -3.51. The summed E-state index contributed by atoms with van der Waals surface area (Å²) in [7, 11) is -3.51. The van der Waals surface area contributed by atoms with Gasteiger partial charge in [0.2, 0.25) is 10.0 Å². The lowest BCUT2D eigenvalue weighted by Crippen LogP contribution is -2.34. The average Bonchev–Trinajstić information content (AvgIpc) is 2.82. The minimum Gasteiger partial charge on any atom is -0.493 e. The Kier molecular flexibility index (Phi) is 4.50. The van der Waals surface area contributed by atoms with Gasteiger partial charge in [0.15, 0.2) is 0 Å². The van der Waals surface area contributed by atoms with Gasteiger partial charge in [0.05, 0.1) is 18.5 Å². The van der Waals surface area contributed by atoms with Crippen molar-refractivity contribution in [2.75, 3.05) is 13.2 Å². The molecule has 1 aromatic rings. The van der Waals surface area contributed by atoms with Crippen molar-refractivity contribution < 1.29 is 18.3 Å². The Bertz CT molecular complexity index is 573. The molecule has 0 fully saturated rings. The Morgan fingerprint density at radius 1 is 1.53 bits per heavy atom. The summed E-state index contributed by atoms with van der Waals surface area (Å²) in [6, 6.07) is 3.83. The van der Waals surface area contributed by atoms with Crippen molar-refractivity contribution in [2.24, 2.45) is 0 Å². The number of fused-ring (bicyclic) bond motifs is 1. The Balaban J connectivity index is 2.17. The molecule has 7 heteroatoms. The lowest BCUT2D eigenvalue weighted by molar-refractivity contribution is 0.294. The topological polar surface area (TPSA) is 75.6 Å². The second-order valence-corrected chi connectivity index (χ2v) is 7.61. The van der Waals surface area contributed by atoms with E-state index < -0.39 is 21.9 Å². The molecule has 0 spiro atoms. The molecule has 0 radical (unpaired) electrons. The van der Waals surface area contributed by atoms with Crippen LogP contribution in [0.25, 0.3) is 0 Å². The number of aliphatic hydroxyl groups is 1. The predicted octanol–water partition coefficient (Wildman–Crippen LogP) is 1.18. The van der Waals surface area contributed by atoms with Gasteiger partial charge in [-0.3, -0.25) is 0 Å². The van der Waals surface area contributed by atoms with E-state index in [1.165, 1.54) is 6.92 Å². The van der Waals surface area contributed by atoms with Gasteiger partial charge in [0, 0.05) is 23.0 Å². The molecule has 0 aliphatic carbocycles. The molecule has 1 heterocycles. The summed E-state index contributed by atoms with van der Waals surface area (Å²) in [5, 5.41) is 8.09. The number of halogens is 1. The van der Waals surface area contributed by atoms with Gasteiger partial charge in [-0.2, -0.15) is 0 Å². The molecule has 1 aliphatic rings. The predicted molar refractivity (Wildman–Crippen MR) is 75.6 cm³/mol. The maximum atomic E-state index is 11.8. The van der Waals surface area contributed by atoms with Gasteiger partial charge in [0.1, 0.15) is 5.75 Å². The third-order valence-corrected chi connectivity index (χ3v) is 5.29. The van der Waals surface area contributed by atoms with Gasteiger partial charge in [0.25, 0.3) is 0 Å². The number of hydrogen-bond acceptors (Lipinski definition) is 4. The van der Waals surface area contributed by atoms with Crippen molar-refractivity contribution in [3.8, 4) is 5.75 Å². The number of rotatable bonds is 5. The van der Waals surface area contributed by atoms with Gasteiger partial charge in [-0.1, -0.05) is 15.9 Å². The normalized spacial score (nSPS) is 15.9. The van der Waals surface area contributed by atoms with E-state index in [0.717, 1.165) is 27.8 Å². The quantitative estimate of drug-likeness (QED) is 0.836. The first kappa shape index (κ1) is 14.8. The fourth-order valence-electron chi connectivity index (χ4n) is 1.90. The van der Waals surface area contributed by atoms with Crippen LogP contribution >= 0.6 is 15.9 Å². The van der Waals surface area contributed by atoms with Gasteiger partial charge in [-0.05, 0) is 24.6 Å². The van der Waals surface area contributed by atoms with Crippen LogP contribution in [-0.2, 0) is 23.0 Å². The molecular formula is C12H16BrNO4S. The van der Waals surface area contributed by atoms with Gasteiger partial charge in [-0.25, -0.2) is 13.1 Å². The SMILES string of the molecule is CC(CO)S(=O)(=O)NCc1cc(Br)cc2c1OCC2. The maximum absolute atomic E-state index is 11.8. The molecule has 1 atom stereocenters. The summed E-state index contributed by atoms with van der Waals surface area (Å²) < 4.78 is 32.5. The summed E-state index contributed by atoms with van der Waals surface area (Å²) in [5.74, 6) is 0.766. The highest BCUT2D eigenvalue weighted by Crippen LogP contribution is 2.32. The van der Waals surface area contributed by atoms with E-state index in [1.54, 1.807) is 0 Å². The van der Waals surface area contributed by atoms with Crippen LogP contribution in [0.5, 0.6) is 5.75 Å². The summed E-state index contributed by atoms with van der Waals surface area (Å²) >= 11 is 3.41. The lowest BCUT2D eigenvalue weighted by atomic mass is 10.1. The van der Waals surface area contributed by atoms with E-state index in [4.69, 9.17) is 9.84 Å². The molecule has 2 rings (SSSR count). The number of ether oxygens (including phenoxy) is 1. The summed E-state index contributed by atoms with van der Waals surface area (Å²) in [6.45, 7) is 1.85. The molecule has 5 nitrogen and oxygen atoms in total. The van der Waals surface area contributed by atoms with Crippen molar-refractivity contribution in [1.29, 1.82) is 0 Å². The largest absolute Gasteiger partial charge is 0.493 e. The van der Waals surface area contributed by atoms with E-state index in [0.29, 0.717) is 6.61 Å². The second kappa shape index (κ2) is 5.78. The van der Waals surface area contributed by atoms with Gasteiger partial charge >= 0.3 is 0 Å². The fourth-order valence-corrected chi connectivity index (χ4v) is 3.29. The zero-order valence-electron chi connectivity index (χ0n) is 10.5. The molecule has 1 aromatic carbocycles. The Hall–Kier alpha value is -0.630. The molecule has 106 valence electrons. The molecule has 0 saturated carbocycles. The monoisotopic (exact) mass is 349 g/mol. The third kappa shape index (κ3) is 3.28. The molecular weight excluding hydrogens is 334 g/mol. The lowest BCUT2D eigenvalue weighted by Gasteiger charge is -2.13. The standard InChI is InChI=1S/C12H16BrNO4S/c1-8(7-15)19(16,17)14-6-10-5-11(13)4-9-2-3-18-12(9)10/h4-5,8,14-15H,2-3,6-7H2,1H3. The van der Waals surface area contributed by atoms with E-state index in [-0.39, 0.29) is 6.54 Å². The van der Waals surface area contributed by atoms with Gasteiger partial charge in [-0.15, -0.1) is 0 Å². The van der Waals surface area contributed by atoms with Gasteiger partial charge < -0.3 is 9.84 Å². The molecule has 0 aromatic heterocycles. The second-order valence-electron chi connectivity index (χ2n) is 4.51. The molecule has 1 unspecified atom stereocenters. The molecule has 1 aliphatic heterocycles. The molecule has 0 saturated heterocycles. The number of benzene rings is 1. The molecule has 2 N–H and O–H groups in total. The van der Waals surface area contributed by atoms with Crippen LogP contribution in [0.1, 0.15) is 18.1 Å². The Morgan fingerprint density at radius 2 is 2.26 bits per heavy atom. The summed E-state index contributed by atoms with van der Waals surface area (Å²) in [4.78, 5) is 0. The molecule has 0 bridgehead atoms. The highest BCUT2D eigenvalue weighted by Gasteiger charge is 2.22. The average molecular weight is 350 g/mol. The van der Waals surface area contributed by atoms with Crippen molar-refractivity contribution >= 4 is 26.0 Å². The van der Waals surface area contributed by atoms with E-state index in [1.807, 2.05) is 12.1 Å². The highest BCUT2D eigenvalue weighted by molar-refractivity contribution is 9.10. The zero-order chi connectivity index (χ0) is 14.0. The van der Waals surface area contributed by atoms with Crippen molar-refractivity contribution in [2.45, 2.75) is 25.1 Å². The van der Waals surface area contributed by atoms with Crippen molar-refractivity contribution in [3.63, 3.8) is 0 Å². The number of nitrogens with one attached hydrogen (secondary N) is 1. The Labute approximate surface area is 121 Å². The van der Waals surface area contributed by atoms with E-state index >= 15 is 0 Å². The number of aliphatic hydroxyl groups excluding tert-OH is 1. The smallest absolute Gasteiger partial charge is 0.216 e. The van der Waals surface area contributed by atoms with Crippen molar-refractivity contribution in [3.05, 3.63) is 27.7 Å². The Morgan fingerprint density at radius 3 is 2.95 bits per heavy atom. The maximum Gasteiger partial charge on any atom is 0.216 e. The number of sulfonamides is 1. The van der Waals surface area contributed by atoms with Crippen LogP contribution in [0.15, 0.2) is 16.6 Å². The molecule has 0 amide bonds. The van der Waals surface area contributed by atoms with Crippen LogP contribution in [-0.4, -0.2) is 32.0 Å². The van der Waals surface area contributed by atoms with Crippen LogP contribution in [0.4, 0.5) is 0 Å². The van der Waals surface area contributed by atoms with Crippen LogP contribution in [0.3, 0.4) is 0 Å². The van der Waals surface area contributed by atoms with E-state index in [9.17, 15) is 8.42 Å². The van der Waals surface area contributed by atoms with E-state index in [2.05, 4.69) is 20.7 Å².